The van der Waals surface area contributed by atoms with Crippen molar-refractivity contribution in [3.63, 3.8) is 0 Å². The molecule has 0 fully saturated rings. The van der Waals surface area contributed by atoms with E-state index in [9.17, 15) is 4.79 Å². The second-order valence-corrected chi connectivity index (χ2v) is 3.97. The van der Waals surface area contributed by atoms with Crippen LogP contribution in [0.15, 0.2) is 24.6 Å². The molecule has 0 aromatic rings. The minimum absolute atomic E-state index is 0.134. The van der Waals surface area contributed by atoms with Crippen LogP contribution in [0.3, 0.4) is 0 Å². The summed E-state index contributed by atoms with van der Waals surface area (Å²) in [5.74, 6) is 0.134. The van der Waals surface area contributed by atoms with E-state index < -0.39 is 0 Å². The highest BCUT2D eigenvalue weighted by Crippen LogP contribution is 2.19. The molecule has 0 saturated carbocycles. The molecule has 0 spiro atoms. The Morgan fingerprint density at radius 2 is 1.75 bits per heavy atom. The van der Waals surface area contributed by atoms with Crippen LogP contribution in [0.4, 0.5) is 0 Å². The van der Waals surface area contributed by atoms with E-state index in [1.165, 1.54) is 0 Å². The van der Waals surface area contributed by atoms with Crippen LogP contribution >= 0.6 is 0 Å². The van der Waals surface area contributed by atoms with Crippen molar-refractivity contribution >= 4 is 5.91 Å². The van der Waals surface area contributed by atoms with E-state index in [-0.39, 0.29) is 11.3 Å². The molecule has 2 heteroatoms. The van der Waals surface area contributed by atoms with Crippen LogP contribution < -0.4 is 0 Å². The molecular formula is C10H15NO. The minimum Gasteiger partial charge on any atom is -0.295 e. The second-order valence-electron chi connectivity index (χ2n) is 3.97. The first-order valence-electron chi connectivity index (χ1n) is 4.18. The van der Waals surface area contributed by atoms with E-state index in [0.29, 0.717) is 0 Å². The van der Waals surface area contributed by atoms with Crippen molar-refractivity contribution in [2.24, 2.45) is 5.41 Å². The molecule has 0 N–H and O–H groups in total. The van der Waals surface area contributed by atoms with Gasteiger partial charge in [-0.25, -0.2) is 0 Å². The number of allylic oxidation sites excluding steroid dienone is 2. The molecule has 0 aromatic heterocycles. The molecule has 1 heterocycles. The van der Waals surface area contributed by atoms with E-state index in [0.717, 1.165) is 6.42 Å². The number of hydrogen-bond donors (Lipinski definition) is 0. The zero-order valence-corrected chi connectivity index (χ0v) is 7.87. The lowest BCUT2D eigenvalue weighted by Crippen LogP contribution is -2.32. The number of carbonyl (C=O) groups is 1. The molecule has 0 aliphatic carbocycles. The fraction of sp³-hybridized carbons (Fsp3) is 0.500. The molecule has 1 amide bonds. The highest BCUT2D eigenvalue weighted by Gasteiger charge is 2.25. The maximum atomic E-state index is 11.6. The van der Waals surface area contributed by atoms with Crippen molar-refractivity contribution in [1.29, 1.82) is 0 Å². The third kappa shape index (κ3) is 1.97. The number of amides is 1. The predicted octanol–water partition coefficient (Wildman–Crippen LogP) is 2.29. The predicted molar refractivity (Wildman–Crippen MR) is 49.2 cm³/mol. The van der Waals surface area contributed by atoms with Gasteiger partial charge in [0.25, 0.3) is 0 Å². The van der Waals surface area contributed by atoms with Crippen molar-refractivity contribution in [2.75, 3.05) is 0 Å². The topological polar surface area (TPSA) is 20.3 Å². The molecule has 1 aliphatic rings. The van der Waals surface area contributed by atoms with Gasteiger partial charge < -0.3 is 0 Å². The molecule has 0 aromatic carbocycles. The Bertz CT molecular complexity index is 221. The molecule has 0 unspecified atom stereocenters. The summed E-state index contributed by atoms with van der Waals surface area (Å²) < 4.78 is 0. The fourth-order valence-electron chi connectivity index (χ4n) is 1.000. The second kappa shape index (κ2) is 3.13. The average molecular weight is 165 g/mol. The molecule has 0 radical (unpaired) electrons. The zero-order valence-electron chi connectivity index (χ0n) is 7.87. The number of hydrogen-bond acceptors (Lipinski definition) is 1. The summed E-state index contributed by atoms with van der Waals surface area (Å²) in [6.07, 6.45) is 8.53. The summed E-state index contributed by atoms with van der Waals surface area (Å²) in [4.78, 5) is 13.3. The molecule has 66 valence electrons. The third-order valence-electron chi connectivity index (χ3n) is 1.68. The van der Waals surface area contributed by atoms with Crippen molar-refractivity contribution in [3.05, 3.63) is 24.6 Å². The van der Waals surface area contributed by atoms with Gasteiger partial charge in [-0.2, -0.15) is 0 Å². The highest BCUT2D eigenvalue weighted by molar-refractivity contribution is 5.83. The molecular weight excluding hydrogens is 150 g/mol. The number of rotatable bonds is 0. The van der Waals surface area contributed by atoms with Gasteiger partial charge in [0.15, 0.2) is 0 Å². The summed E-state index contributed by atoms with van der Waals surface area (Å²) in [5.41, 5.74) is -0.300. The van der Waals surface area contributed by atoms with Gasteiger partial charge >= 0.3 is 0 Å². The largest absolute Gasteiger partial charge is 0.295 e. The monoisotopic (exact) mass is 165 g/mol. The Labute approximate surface area is 73.6 Å². The van der Waals surface area contributed by atoms with E-state index in [4.69, 9.17) is 0 Å². The summed E-state index contributed by atoms with van der Waals surface area (Å²) in [7, 11) is 0. The van der Waals surface area contributed by atoms with Gasteiger partial charge in [-0.1, -0.05) is 32.9 Å². The molecule has 0 bridgehead atoms. The Hall–Kier alpha value is -1.05. The minimum atomic E-state index is -0.300. The van der Waals surface area contributed by atoms with Crippen LogP contribution in [0.25, 0.3) is 0 Å². The van der Waals surface area contributed by atoms with Crippen LogP contribution in [0, 0.1) is 5.41 Å². The lowest BCUT2D eigenvalue weighted by atomic mass is 9.95. The van der Waals surface area contributed by atoms with Gasteiger partial charge in [0.2, 0.25) is 5.91 Å². The maximum absolute atomic E-state index is 11.6. The van der Waals surface area contributed by atoms with Crippen LogP contribution in [0.5, 0.6) is 0 Å². The van der Waals surface area contributed by atoms with Gasteiger partial charge in [-0.3, -0.25) is 9.69 Å². The molecule has 1 rings (SSSR count). The first kappa shape index (κ1) is 9.04. The first-order chi connectivity index (χ1) is 5.52. The summed E-state index contributed by atoms with van der Waals surface area (Å²) in [6.45, 7) is 5.77. The van der Waals surface area contributed by atoms with E-state index in [2.05, 4.69) is 0 Å². The van der Waals surface area contributed by atoms with Crippen molar-refractivity contribution < 1.29 is 4.79 Å². The SMILES string of the molecule is CC(C)(C)C(=O)N1C=CCC=C1. The smallest absolute Gasteiger partial charge is 0.235 e. The lowest BCUT2D eigenvalue weighted by Gasteiger charge is -2.24. The van der Waals surface area contributed by atoms with Crippen LogP contribution in [0.2, 0.25) is 0 Å². The highest BCUT2D eigenvalue weighted by atomic mass is 16.2. The summed E-state index contributed by atoms with van der Waals surface area (Å²) >= 11 is 0. The average Bonchev–Trinajstić information content (AvgIpc) is 2.03. The molecule has 12 heavy (non-hydrogen) atoms. The quantitative estimate of drug-likeness (QED) is 0.539. The zero-order chi connectivity index (χ0) is 9.19. The van der Waals surface area contributed by atoms with Gasteiger partial charge in [-0.05, 0) is 6.42 Å². The third-order valence-corrected chi connectivity index (χ3v) is 1.68. The summed E-state index contributed by atoms with van der Waals surface area (Å²) in [5, 5.41) is 0. The number of nitrogens with zero attached hydrogens (tertiary/aromatic N) is 1. The first-order valence-corrected chi connectivity index (χ1v) is 4.18. The van der Waals surface area contributed by atoms with Gasteiger partial charge in [0, 0.05) is 17.8 Å². The standard InChI is InChI=1S/C10H15NO/c1-10(2,3)9(12)11-7-5-4-6-8-11/h5-8H,4H2,1-3H3. The van der Waals surface area contributed by atoms with Crippen LogP contribution in [-0.4, -0.2) is 10.8 Å². The normalized spacial score (nSPS) is 16.8. The van der Waals surface area contributed by atoms with E-state index in [1.807, 2.05) is 45.3 Å². The summed E-state index contributed by atoms with van der Waals surface area (Å²) in [6, 6.07) is 0. The lowest BCUT2D eigenvalue weighted by molar-refractivity contribution is -0.134. The van der Waals surface area contributed by atoms with Crippen LogP contribution in [-0.2, 0) is 4.79 Å². The van der Waals surface area contributed by atoms with Crippen molar-refractivity contribution in [1.82, 2.24) is 4.90 Å². The van der Waals surface area contributed by atoms with E-state index >= 15 is 0 Å². The number of carbonyl (C=O) groups excluding carboxylic acids is 1. The van der Waals surface area contributed by atoms with Gasteiger partial charge in [-0.15, -0.1) is 0 Å². The molecule has 2 nitrogen and oxygen atoms in total. The van der Waals surface area contributed by atoms with Gasteiger partial charge in [0.1, 0.15) is 0 Å². The Morgan fingerprint density at radius 3 is 2.17 bits per heavy atom. The van der Waals surface area contributed by atoms with Crippen molar-refractivity contribution in [3.8, 4) is 0 Å². The molecule has 0 atom stereocenters. The van der Waals surface area contributed by atoms with E-state index in [1.54, 1.807) is 4.90 Å². The Morgan fingerprint density at radius 1 is 1.25 bits per heavy atom. The Balaban J connectivity index is 2.70. The maximum Gasteiger partial charge on any atom is 0.235 e. The Kier molecular flexibility index (Phi) is 2.36. The van der Waals surface area contributed by atoms with Crippen molar-refractivity contribution in [2.45, 2.75) is 27.2 Å². The molecule has 1 aliphatic heterocycles. The van der Waals surface area contributed by atoms with Crippen LogP contribution in [0.1, 0.15) is 27.2 Å². The van der Waals surface area contributed by atoms with Gasteiger partial charge in [0.05, 0.1) is 0 Å². The molecule has 0 saturated heterocycles. The fourth-order valence-corrected chi connectivity index (χ4v) is 1.000.